The van der Waals surface area contributed by atoms with Crippen LogP contribution < -0.4 is 5.32 Å². The van der Waals surface area contributed by atoms with Gasteiger partial charge in [0.25, 0.3) is 5.92 Å². The summed E-state index contributed by atoms with van der Waals surface area (Å²) in [5.74, 6) is -3.46. The summed E-state index contributed by atoms with van der Waals surface area (Å²) >= 11 is 0. The minimum absolute atomic E-state index is 0. The zero-order chi connectivity index (χ0) is 15.2. The molecule has 0 aliphatic carbocycles. The number of hydrogen-bond acceptors (Lipinski definition) is 3. The SMILES string of the molecule is CC(C)C(=O)NC1CCN(CCCCCO)CC1(F)F.[V]. The first-order chi connectivity index (χ1) is 9.36. The monoisotopic (exact) mass is 343 g/mol. The van der Waals surface area contributed by atoms with E-state index in [4.69, 9.17) is 5.11 Å². The van der Waals surface area contributed by atoms with Gasteiger partial charge in [0.15, 0.2) is 0 Å². The summed E-state index contributed by atoms with van der Waals surface area (Å²) in [5.41, 5.74) is 0. The summed E-state index contributed by atoms with van der Waals surface area (Å²) < 4.78 is 28.0. The Balaban J connectivity index is 0.00000400. The Morgan fingerprint density at radius 3 is 2.57 bits per heavy atom. The molecule has 0 aromatic rings. The maximum Gasteiger partial charge on any atom is 0.280 e. The van der Waals surface area contributed by atoms with Gasteiger partial charge in [-0.3, -0.25) is 9.69 Å². The van der Waals surface area contributed by atoms with Crippen LogP contribution >= 0.6 is 0 Å². The molecule has 1 amide bonds. The molecule has 4 nitrogen and oxygen atoms in total. The molecule has 1 fully saturated rings. The third kappa shape index (κ3) is 7.09. The van der Waals surface area contributed by atoms with Crippen molar-refractivity contribution in [2.24, 2.45) is 5.92 Å². The summed E-state index contributed by atoms with van der Waals surface area (Å²) in [6, 6.07) is -1.05. The third-order valence-corrected chi connectivity index (χ3v) is 3.65. The molecule has 1 saturated heterocycles. The molecular formula is C14H26F2N2O2V. The predicted octanol–water partition coefficient (Wildman–Crippen LogP) is 1.63. The van der Waals surface area contributed by atoms with E-state index in [-0.39, 0.29) is 50.0 Å². The van der Waals surface area contributed by atoms with Gasteiger partial charge < -0.3 is 10.4 Å². The molecule has 1 atom stereocenters. The standard InChI is InChI=1S/C14H26F2N2O2.V/c1-11(2)13(20)17-12-6-8-18(10-14(12,15)16)7-4-3-5-9-19;/h11-12,19H,3-10H2,1-2H3,(H,17,20);. The maximum absolute atomic E-state index is 14.0. The Hall–Kier alpha value is -0.166. The van der Waals surface area contributed by atoms with Gasteiger partial charge in [0.1, 0.15) is 0 Å². The first-order valence-corrected chi connectivity index (χ1v) is 7.38. The van der Waals surface area contributed by atoms with E-state index in [0.29, 0.717) is 13.1 Å². The van der Waals surface area contributed by atoms with Gasteiger partial charge in [-0.1, -0.05) is 13.8 Å². The van der Waals surface area contributed by atoms with Gasteiger partial charge in [-0.15, -0.1) is 0 Å². The third-order valence-electron chi connectivity index (χ3n) is 3.65. The molecule has 1 aliphatic heterocycles. The van der Waals surface area contributed by atoms with Crippen LogP contribution in [-0.4, -0.2) is 54.1 Å². The van der Waals surface area contributed by atoms with Crippen LogP contribution in [0.25, 0.3) is 0 Å². The average Bonchev–Trinajstić information content (AvgIpc) is 2.37. The van der Waals surface area contributed by atoms with Crippen LogP contribution in [0.15, 0.2) is 0 Å². The number of piperidine rings is 1. The number of carbonyl (C=O) groups excluding carboxylic acids is 1. The van der Waals surface area contributed by atoms with Gasteiger partial charge in [-0.25, -0.2) is 8.78 Å². The Labute approximate surface area is 137 Å². The van der Waals surface area contributed by atoms with Crippen molar-refractivity contribution in [2.45, 2.75) is 51.5 Å². The Bertz CT molecular complexity index is 317. The number of unbranched alkanes of at least 4 members (excludes halogenated alkanes) is 2. The minimum Gasteiger partial charge on any atom is -0.396 e. The van der Waals surface area contributed by atoms with Crippen molar-refractivity contribution in [3.8, 4) is 0 Å². The summed E-state index contributed by atoms with van der Waals surface area (Å²) in [5, 5.41) is 11.1. The van der Waals surface area contributed by atoms with E-state index in [1.807, 2.05) is 0 Å². The van der Waals surface area contributed by atoms with Crippen LogP contribution in [0.1, 0.15) is 39.5 Å². The number of aliphatic hydroxyl groups is 1. The fraction of sp³-hybridized carbons (Fsp3) is 0.929. The number of halogens is 2. The van der Waals surface area contributed by atoms with Crippen molar-refractivity contribution in [1.29, 1.82) is 0 Å². The van der Waals surface area contributed by atoms with Gasteiger partial charge in [-0.2, -0.15) is 0 Å². The molecule has 1 radical (unpaired) electrons. The number of rotatable bonds is 7. The second-order valence-corrected chi connectivity index (χ2v) is 5.83. The van der Waals surface area contributed by atoms with Gasteiger partial charge in [-0.05, 0) is 32.2 Å². The molecule has 1 rings (SSSR count). The first-order valence-electron chi connectivity index (χ1n) is 7.38. The predicted molar refractivity (Wildman–Crippen MR) is 73.7 cm³/mol. The van der Waals surface area contributed by atoms with Crippen molar-refractivity contribution < 1.29 is 37.2 Å². The fourth-order valence-corrected chi connectivity index (χ4v) is 2.34. The van der Waals surface area contributed by atoms with E-state index < -0.39 is 12.0 Å². The molecule has 0 spiro atoms. The Kier molecular flexibility index (Phi) is 9.69. The van der Waals surface area contributed by atoms with E-state index in [0.717, 1.165) is 19.3 Å². The zero-order valence-corrected chi connectivity index (χ0v) is 14.2. The number of carbonyl (C=O) groups is 1. The van der Waals surface area contributed by atoms with Gasteiger partial charge >= 0.3 is 0 Å². The van der Waals surface area contributed by atoms with Gasteiger partial charge in [0.2, 0.25) is 5.91 Å². The number of nitrogens with one attached hydrogen (secondary N) is 1. The molecule has 1 unspecified atom stereocenters. The molecule has 0 saturated carbocycles. The molecule has 1 heterocycles. The van der Waals surface area contributed by atoms with Crippen molar-refractivity contribution in [2.75, 3.05) is 26.2 Å². The number of likely N-dealkylation sites (tertiary alicyclic amines) is 1. The minimum atomic E-state index is -2.88. The van der Waals surface area contributed by atoms with E-state index in [1.165, 1.54) is 0 Å². The van der Waals surface area contributed by atoms with Crippen molar-refractivity contribution in [1.82, 2.24) is 10.2 Å². The molecule has 7 heteroatoms. The number of hydrogen-bond donors (Lipinski definition) is 2. The molecule has 21 heavy (non-hydrogen) atoms. The topological polar surface area (TPSA) is 52.6 Å². The van der Waals surface area contributed by atoms with Crippen LogP contribution in [0.3, 0.4) is 0 Å². The first kappa shape index (κ1) is 20.8. The van der Waals surface area contributed by atoms with E-state index in [1.54, 1.807) is 18.7 Å². The smallest absolute Gasteiger partial charge is 0.280 e. The second-order valence-electron chi connectivity index (χ2n) is 5.83. The van der Waals surface area contributed by atoms with Gasteiger partial charge in [0.05, 0.1) is 12.6 Å². The number of nitrogens with zero attached hydrogens (tertiary/aromatic N) is 1. The van der Waals surface area contributed by atoms with Crippen LogP contribution in [0.4, 0.5) is 8.78 Å². The molecule has 0 bridgehead atoms. The molecule has 0 aromatic carbocycles. The van der Waals surface area contributed by atoms with E-state index in [9.17, 15) is 13.6 Å². The molecule has 123 valence electrons. The second kappa shape index (κ2) is 9.77. The van der Waals surface area contributed by atoms with Crippen LogP contribution in [0.2, 0.25) is 0 Å². The van der Waals surface area contributed by atoms with Crippen molar-refractivity contribution in [3.63, 3.8) is 0 Å². The summed E-state index contributed by atoms with van der Waals surface area (Å²) in [6.45, 7) is 4.46. The maximum atomic E-state index is 14.0. The summed E-state index contributed by atoms with van der Waals surface area (Å²) in [4.78, 5) is 13.3. The number of alkyl halides is 2. The van der Waals surface area contributed by atoms with E-state index in [2.05, 4.69) is 5.32 Å². The molecule has 1 aliphatic rings. The van der Waals surface area contributed by atoms with Crippen LogP contribution in [0, 0.1) is 5.92 Å². The van der Waals surface area contributed by atoms with Crippen LogP contribution in [0.5, 0.6) is 0 Å². The largest absolute Gasteiger partial charge is 0.396 e. The molecular weight excluding hydrogens is 317 g/mol. The average molecular weight is 343 g/mol. The molecule has 2 N–H and O–H groups in total. The summed E-state index contributed by atoms with van der Waals surface area (Å²) in [6.07, 6.45) is 2.68. The quantitative estimate of drug-likeness (QED) is 0.691. The number of amides is 1. The van der Waals surface area contributed by atoms with Gasteiger partial charge in [0, 0.05) is 37.6 Å². The van der Waals surface area contributed by atoms with Crippen molar-refractivity contribution in [3.05, 3.63) is 0 Å². The van der Waals surface area contributed by atoms with Crippen LogP contribution in [-0.2, 0) is 23.4 Å². The molecule has 0 aromatic heterocycles. The number of aliphatic hydroxyl groups excluding tert-OH is 1. The summed E-state index contributed by atoms with van der Waals surface area (Å²) in [7, 11) is 0. The van der Waals surface area contributed by atoms with Crippen molar-refractivity contribution >= 4 is 5.91 Å². The zero-order valence-electron chi connectivity index (χ0n) is 12.8. The Morgan fingerprint density at radius 2 is 2.05 bits per heavy atom. The normalized spacial score (nSPS) is 21.9. The van der Waals surface area contributed by atoms with E-state index >= 15 is 0 Å². The Morgan fingerprint density at radius 1 is 1.38 bits per heavy atom. The fourth-order valence-electron chi connectivity index (χ4n) is 2.34.